The van der Waals surface area contributed by atoms with E-state index in [1.165, 1.54) is 24.3 Å². The van der Waals surface area contributed by atoms with E-state index < -0.39 is 10.9 Å². The summed E-state index contributed by atoms with van der Waals surface area (Å²) in [4.78, 5) is 22.4. The Morgan fingerprint density at radius 3 is 2.29 bits per heavy atom. The molecule has 0 aliphatic rings. The number of hydrogen-bond acceptors (Lipinski definition) is 5. The largest absolute Gasteiger partial charge is 0.423 e. The standard InChI is InChI=1S/C18H18N2O4/c1-12(16-6-4-5-7-17(16)19-3)13(2)18(21)24-15-10-8-14(9-11-15)20(22)23/h4-11,19H,1-3H3/b13-12+. The first-order valence-corrected chi connectivity index (χ1v) is 7.35. The summed E-state index contributed by atoms with van der Waals surface area (Å²) in [5.74, 6) is -0.230. The van der Waals surface area contributed by atoms with Gasteiger partial charge in [0.1, 0.15) is 5.75 Å². The summed E-state index contributed by atoms with van der Waals surface area (Å²) in [7, 11) is 1.82. The lowest BCUT2D eigenvalue weighted by Gasteiger charge is -2.12. The molecule has 2 rings (SSSR count). The molecule has 2 aromatic rings. The van der Waals surface area contributed by atoms with Crippen LogP contribution in [0.15, 0.2) is 54.1 Å². The predicted molar refractivity (Wildman–Crippen MR) is 93.0 cm³/mol. The van der Waals surface area contributed by atoms with Crippen LogP contribution < -0.4 is 10.1 Å². The number of ether oxygens (including phenoxy) is 1. The first-order chi connectivity index (χ1) is 11.4. The number of anilines is 1. The molecular formula is C18H18N2O4. The Labute approximate surface area is 139 Å². The summed E-state index contributed by atoms with van der Waals surface area (Å²) in [5.41, 5.74) is 3.04. The van der Waals surface area contributed by atoms with Crippen molar-refractivity contribution < 1.29 is 14.5 Å². The predicted octanol–water partition coefficient (Wildman–Crippen LogP) is 4.04. The number of benzene rings is 2. The Morgan fingerprint density at radius 1 is 1.08 bits per heavy atom. The fraction of sp³-hybridized carbons (Fsp3) is 0.167. The third-order valence-electron chi connectivity index (χ3n) is 3.73. The minimum absolute atomic E-state index is 0.0545. The highest BCUT2D eigenvalue weighted by molar-refractivity contribution is 5.99. The molecule has 24 heavy (non-hydrogen) atoms. The first-order valence-electron chi connectivity index (χ1n) is 7.35. The lowest BCUT2D eigenvalue weighted by Crippen LogP contribution is -2.11. The third kappa shape index (κ3) is 3.78. The van der Waals surface area contributed by atoms with Crippen molar-refractivity contribution in [3.63, 3.8) is 0 Å². The Kier molecular flexibility index (Phi) is 5.31. The normalized spacial score (nSPS) is 11.5. The van der Waals surface area contributed by atoms with E-state index in [-0.39, 0.29) is 11.4 Å². The summed E-state index contributed by atoms with van der Waals surface area (Å²) >= 11 is 0. The third-order valence-corrected chi connectivity index (χ3v) is 3.73. The maximum Gasteiger partial charge on any atom is 0.339 e. The SMILES string of the molecule is CNc1ccccc1/C(C)=C(\C)C(=O)Oc1ccc([N+](=O)[O-])cc1. The minimum Gasteiger partial charge on any atom is -0.423 e. The monoisotopic (exact) mass is 326 g/mol. The molecule has 0 aliphatic heterocycles. The van der Waals surface area contributed by atoms with Gasteiger partial charge in [0.15, 0.2) is 0 Å². The number of allylic oxidation sites excluding steroid dienone is 1. The van der Waals surface area contributed by atoms with Gasteiger partial charge < -0.3 is 10.1 Å². The molecule has 6 nitrogen and oxygen atoms in total. The van der Waals surface area contributed by atoms with Crippen LogP contribution in [0.2, 0.25) is 0 Å². The minimum atomic E-state index is -0.504. The van der Waals surface area contributed by atoms with E-state index in [2.05, 4.69) is 5.32 Å². The maximum atomic E-state index is 12.3. The number of rotatable bonds is 5. The molecule has 0 amide bonds. The van der Waals surface area contributed by atoms with Gasteiger partial charge in [-0.1, -0.05) is 18.2 Å². The summed E-state index contributed by atoms with van der Waals surface area (Å²) in [5, 5.41) is 13.7. The van der Waals surface area contributed by atoms with E-state index in [4.69, 9.17) is 4.74 Å². The van der Waals surface area contributed by atoms with Crippen molar-refractivity contribution in [2.45, 2.75) is 13.8 Å². The van der Waals surface area contributed by atoms with Crippen molar-refractivity contribution in [1.82, 2.24) is 0 Å². The fourth-order valence-corrected chi connectivity index (χ4v) is 2.20. The van der Waals surface area contributed by atoms with Crippen LogP contribution in [-0.2, 0) is 4.79 Å². The number of hydrogen-bond donors (Lipinski definition) is 1. The zero-order valence-electron chi connectivity index (χ0n) is 13.7. The van der Waals surface area contributed by atoms with Gasteiger partial charge in [-0.15, -0.1) is 0 Å². The lowest BCUT2D eigenvalue weighted by molar-refractivity contribution is -0.384. The molecule has 0 saturated heterocycles. The first kappa shape index (κ1) is 17.2. The van der Waals surface area contributed by atoms with Crippen LogP contribution in [0, 0.1) is 10.1 Å². The second-order valence-electron chi connectivity index (χ2n) is 5.19. The van der Waals surface area contributed by atoms with Gasteiger partial charge in [0.25, 0.3) is 5.69 Å². The van der Waals surface area contributed by atoms with Crippen LogP contribution >= 0.6 is 0 Å². The average Bonchev–Trinajstić information content (AvgIpc) is 2.60. The van der Waals surface area contributed by atoms with Crippen molar-refractivity contribution in [3.05, 3.63) is 69.8 Å². The van der Waals surface area contributed by atoms with Gasteiger partial charge in [-0.3, -0.25) is 10.1 Å². The second-order valence-corrected chi connectivity index (χ2v) is 5.19. The molecule has 0 bridgehead atoms. The maximum absolute atomic E-state index is 12.3. The number of nitrogens with zero attached hydrogens (tertiary/aromatic N) is 1. The quantitative estimate of drug-likeness (QED) is 0.295. The molecule has 0 radical (unpaired) electrons. The van der Waals surface area contributed by atoms with Crippen molar-refractivity contribution in [1.29, 1.82) is 0 Å². The van der Waals surface area contributed by atoms with E-state index in [1.807, 2.05) is 38.2 Å². The zero-order valence-corrected chi connectivity index (χ0v) is 13.7. The number of nitro groups is 1. The molecule has 0 atom stereocenters. The number of nitrogens with one attached hydrogen (secondary N) is 1. The number of carbonyl (C=O) groups is 1. The summed E-state index contributed by atoms with van der Waals surface area (Å²) < 4.78 is 5.29. The van der Waals surface area contributed by atoms with Crippen LogP contribution in [0.25, 0.3) is 5.57 Å². The molecule has 0 heterocycles. The molecule has 0 aromatic heterocycles. The fourth-order valence-electron chi connectivity index (χ4n) is 2.20. The van der Waals surface area contributed by atoms with Crippen molar-refractivity contribution >= 4 is 22.9 Å². The van der Waals surface area contributed by atoms with Gasteiger partial charge in [-0.05, 0) is 37.6 Å². The number of para-hydroxylation sites is 1. The van der Waals surface area contributed by atoms with Gasteiger partial charge in [0, 0.05) is 36.0 Å². The molecule has 1 N–H and O–H groups in total. The molecule has 6 heteroatoms. The molecule has 124 valence electrons. The Bertz CT molecular complexity index is 795. The molecular weight excluding hydrogens is 308 g/mol. The average molecular weight is 326 g/mol. The van der Waals surface area contributed by atoms with Gasteiger partial charge in [-0.2, -0.15) is 0 Å². The lowest BCUT2D eigenvalue weighted by atomic mass is 10.0. The second kappa shape index (κ2) is 7.41. The Balaban J connectivity index is 2.23. The van der Waals surface area contributed by atoms with Gasteiger partial charge in [-0.25, -0.2) is 4.79 Å². The van der Waals surface area contributed by atoms with Crippen molar-refractivity contribution in [2.75, 3.05) is 12.4 Å². The summed E-state index contributed by atoms with van der Waals surface area (Å²) in [6.07, 6.45) is 0. The van der Waals surface area contributed by atoms with E-state index in [0.29, 0.717) is 5.57 Å². The number of nitro benzene ring substituents is 1. The summed E-state index contributed by atoms with van der Waals surface area (Å²) in [6.45, 7) is 3.54. The van der Waals surface area contributed by atoms with Crippen molar-refractivity contribution in [2.24, 2.45) is 0 Å². The van der Waals surface area contributed by atoms with Gasteiger partial charge >= 0.3 is 5.97 Å². The smallest absolute Gasteiger partial charge is 0.339 e. The van der Waals surface area contributed by atoms with Crippen LogP contribution in [0.1, 0.15) is 19.4 Å². The molecule has 0 spiro atoms. The van der Waals surface area contributed by atoms with Crippen LogP contribution in [0.3, 0.4) is 0 Å². The molecule has 2 aromatic carbocycles. The highest BCUT2D eigenvalue weighted by Crippen LogP contribution is 2.27. The number of carbonyl (C=O) groups excluding carboxylic acids is 1. The highest BCUT2D eigenvalue weighted by atomic mass is 16.6. The highest BCUT2D eigenvalue weighted by Gasteiger charge is 2.14. The van der Waals surface area contributed by atoms with Crippen molar-refractivity contribution in [3.8, 4) is 5.75 Å². The molecule has 0 saturated carbocycles. The van der Waals surface area contributed by atoms with Gasteiger partial charge in [0.2, 0.25) is 0 Å². The number of esters is 1. The van der Waals surface area contributed by atoms with E-state index >= 15 is 0 Å². The van der Waals surface area contributed by atoms with E-state index in [9.17, 15) is 14.9 Å². The molecule has 0 aliphatic carbocycles. The summed E-state index contributed by atoms with van der Waals surface area (Å²) in [6, 6.07) is 13.1. The van der Waals surface area contributed by atoms with E-state index in [1.54, 1.807) is 6.92 Å². The topological polar surface area (TPSA) is 81.5 Å². The molecule has 0 unspecified atom stereocenters. The van der Waals surface area contributed by atoms with Crippen LogP contribution in [-0.4, -0.2) is 17.9 Å². The van der Waals surface area contributed by atoms with Gasteiger partial charge in [0.05, 0.1) is 4.92 Å². The molecule has 0 fully saturated rings. The Morgan fingerprint density at radius 2 is 1.71 bits per heavy atom. The van der Waals surface area contributed by atoms with Crippen LogP contribution in [0.5, 0.6) is 5.75 Å². The van der Waals surface area contributed by atoms with Crippen LogP contribution in [0.4, 0.5) is 11.4 Å². The van der Waals surface area contributed by atoms with E-state index in [0.717, 1.165) is 16.8 Å². The Hall–Kier alpha value is -3.15. The number of non-ortho nitro benzene ring substituents is 1. The zero-order chi connectivity index (χ0) is 17.7.